The molecular formula is C17H29FN2O. The fourth-order valence-electron chi connectivity index (χ4n) is 2.59. The van der Waals surface area contributed by atoms with E-state index in [1.165, 1.54) is 0 Å². The van der Waals surface area contributed by atoms with Crippen LogP contribution in [0.4, 0.5) is 10.1 Å². The van der Waals surface area contributed by atoms with Crippen LogP contribution in [0.5, 0.6) is 0 Å². The third-order valence-corrected chi connectivity index (χ3v) is 3.77. The summed E-state index contributed by atoms with van der Waals surface area (Å²) in [6.45, 7) is 11.9. The summed E-state index contributed by atoms with van der Waals surface area (Å²) < 4.78 is 14.0. The molecule has 1 aromatic rings. The summed E-state index contributed by atoms with van der Waals surface area (Å²) >= 11 is 0. The number of nitrogens with one attached hydrogen (secondary N) is 1. The van der Waals surface area contributed by atoms with E-state index in [1.54, 1.807) is 13.0 Å². The first-order valence-electron chi connectivity index (χ1n) is 7.83. The van der Waals surface area contributed by atoms with Crippen LogP contribution in [0.25, 0.3) is 0 Å². The summed E-state index contributed by atoms with van der Waals surface area (Å²) in [4.78, 5) is 2.24. The maximum absolute atomic E-state index is 14.0. The molecule has 1 rings (SSSR count). The number of hydrogen-bond donors (Lipinski definition) is 2. The summed E-state index contributed by atoms with van der Waals surface area (Å²) in [7, 11) is 0. The van der Waals surface area contributed by atoms with Crippen molar-refractivity contribution in [1.82, 2.24) is 5.32 Å². The molecule has 0 radical (unpaired) electrons. The van der Waals surface area contributed by atoms with Gasteiger partial charge in [-0.3, -0.25) is 0 Å². The van der Waals surface area contributed by atoms with Gasteiger partial charge in [0, 0.05) is 30.9 Å². The van der Waals surface area contributed by atoms with Gasteiger partial charge in [-0.1, -0.05) is 6.92 Å². The molecule has 4 heteroatoms. The Morgan fingerprint density at radius 3 is 2.48 bits per heavy atom. The zero-order chi connectivity index (χ0) is 16.0. The van der Waals surface area contributed by atoms with Gasteiger partial charge in [0.2, 0.25) is 0 Å². The molecule has 120 valence electrons. The third kappa shape index (κ3) is 4.68. The zero-order valence-electron chi connectivity index (χ0n) is 13.9. The minimum absolute atomic E-state index is 0.0930. The maximum Gasteiger partial charge on any atom is 0.126 e. The minimum atomic E-state index is -0.163. The fraction of sp³-hybridized carbons (Fsp3) is 0.647. The van der Waals surface area contributed by atoms with E-state index in [2.05, 4.69) is 31.0 Å². The molecule has 0 amide bonds. The van der Waals surface area contributed by atoms with Crippen LogP contribution in [0.3, 0.4) is 0 Å². The quantitative estimate of drug-likeness (QED) is 0.772. The lowest BCUT2D eigenvalue weighted by Crippen LogP contribution is -2.34. The molecule has 0 bridgehead atoms. The summed E-state index contributed by atoms with van der Waals surface area (Å²) in [5.74, 6) is -0.163. The van der Waals surface area contributed by atoms with Gasteiger partial charge < -0.3 is 15.3 Å². The first kappa shape index (κ1) is 17.9. The van der Waals surface area contributed by atoms with Crippen molar-refractivity contribution in [3.05, 3.63) is 29.1 Å². The van der Waals surface area contributed by atoms with Gasteiger partial charge in [0.05, 0.1) is 0 Å². The van der Waals surface area contributed by atoms with Crippen LogP contribution in [-0.4, -0.2) is 30.8 Å². The van der Waals surface area contributed by atoms with Crippen LogP contribution in [-0.2, 0) is 0 Å². The third-order valence-electron chi connectivity index (χ3n) is 3.77. The van der Waals surface area contributed by atoms with E-state index < -0.39 is 0 Å². The summed E-state index contributed by atoms with van der Waals surface area (Å²) in [6, 6.07) is 3.96. The Balaban J connectivity index is 3.25. The lowest BCUT2D eigenvalue weighted by atomic mass is 10.0. The van der Waals surface area contributed by atoms with E-state index >= 15 is 0 Å². The molecule has 0 aromatic heterocycles. The second kappa shape index (κ2) is 8.35. The van der Waals surface area contributed by atoms with Crippen molar-refractivity contribution in [2.45, 2.75) is 53.1 Å². The number of aliphatic hydroxyl groups excluding tert-OH is 1. The lowest BCUT2D eigenvalue weighted by molar-refractivity contribution is 0.288. The molecule has 1 unspecified atom stereocenters. The smallest absolute Gasteiger partial charge is 0.126 e. The first-order valence-corrected chi connectivity index (χ1v) is 7.83. The molecule has 0 saturated carbocycles. The Morgan fingerprint density at radius 2 is 1.95 bits per heavy atom. The number of aryl methyl sites for hydroxylation is 1. The normalized spacial score (nSPS) is 12.8. The Morgan fingerprint density at radius 1 is 1.29 bits per heavy atom. The highest BCUT2D eigenvalue weighted by Crippen LogP contribution is 2.30. The van der Waals surface area contributed by atoms with Gasteiger partial charge in [0.15, 0.2) is 0 Å². The predicted molar refractivity (Wildman–Crippen MR) is 87.4 cm³/mol. The summed E-state index contributed by atoms with van der Waals surface area (Å²) in [5.41, 5.74) is 2.70. The molecule has 0 aliphatic heterocycles. The molecule has 1 atom stereocenters. The topological polar surface area (TPSA) is 35.5 Å². The van der Waals surface area contributed by atoms with Crippen molar-refractivity contribution in [2.24, 2.45) is 0 Å². The second-order valence-electron chi connectivity index (χ2n) is 5.80. The molecule has 0 fully saturated rings. The van der Waals surface area contributed by atoms with E-state index in [-0.39, 0.29) is 18.5 Å². The van der Waals surface area contributed by atoms with Crippen LogP contribution in [0.2, 0.25) is 0 Å². The van der Waals surface area contributed by atoms with Gasteiger partial charge in [0.1, 0.15) is 5.82 Å². The lowest BCUT2D eigenvalue weighted by Gasteiger charge is -2.33. The Bertz CT molecular complexity index is 449. The van der Waals surface area contributed by atoms with E-state index in [0.717, 1.165) is 24.3 Å². The van der Waals surface area contributed by atoms with E-state index in [9.17, 15) is 4.39 Å². The zero-order valence-corrected chi connectivity index (χ0v) is 13.9. The largest absolute Gasteiger partial charge is 0.396 e. The first-order chi connectivity index (χ1) is 9.92. The molecule has 1 aromatic carbocycles. The Kier molecular flexibility index (Phi) is 7.12. The fourth-order valence-corrected chi connectivity index (χ4v) is 2.59. The van der Waals surface area contributed by atoms with Crippen molar-refractivity contribution in [3.8, 4) is 0 Å². The average molecular weight is 296 g/mol. The maximum atomic E-state index is 14.0. The Labute approximate surface area is 128 Å². The standard InChI is InChI=1S/C17H29FN2O/c1-6-19-14(5)15-11-16(18)13(4)10-17(15)20(12(2)3)8-7-9-21/h10-12,14,19,21H,6-9H2,1-5H3. The van der Waals surface area contributed by atoms with Crippen molar-refractivity contribution in [1.29, 1.82) is 0 Å². The second-order valence-corrected chi connectivity index (χ2v) is 5.80. The van der Waals surface area contributed by atoms with E-state index in [0.29, 0.717) is 18.0 Å². The Hall–Kier alpha value is -1.13. The number of halogens is 1. The number of nitrogens with zero attached hydrogens (tertiary/aromatic N) is 1. The van der Waals surface area contributed by atoms with Crippen molar-refractivity contribution >= 4 is 5.69 Å². The molecule has 0 heterocycles. The highest BCUT2D eigenvalue weighted by molar-refractivity contribution is 5.57. The van der Waals surface area contributed by atoms with Gasteiger partial charge in [-0.15, -0.1) is 0 Å². The van der Waals surface area contributed by atoms with Gasteiger partial charge >= 0.3 is 0 Å². The SMILES string of the molecule is CCNC(C)c1cc(F)c(C)cc1N(CCCO)C(C)C. The van der Waals surface area contributed by atoms with Crippen LogP contribution in [0, 0.1) is 12.7 Å². The number of hydrogen-bond acceptors (Lipinski definition) is 3. The molecule has 2 N–H and O–H groups in total. The molecule has 0 aliphatic rings. The van der Waals surface area contributed by atoms with Gasteiger partial charge in [0.25, 0.3) is 0 Å². The molecule has 0 aliphatic carbocycles. The number of benzene rings is 1. The van der Waals surface area contributed by atoms with Crippen molar-refractivity contribution in [2.75, 3.05) is 24.6 Å². The highest BCUT2D eigenvalue weighted by atomic mass is 19.1. The minimum Gasteiger partial charge on any atom is -0.396 e. The van der Waals surface area contributed by atoms with Crippen molar-refractivity contribution < 1.29 is 9.50 Å². The molecule has 21 heavy (non-hydrogen) atoms. The number of anilines is 1. The number of rotatable bonds is 8. The van der Waals surface area contributed by atoms with Crippen LogP contribution < -0.4 is 10.2 Å². The van der Waals surface area contributed by atoms with Crippen LogP contribution in [0.1, 0.15) is 51.3 Å². The van der Waals surface area contributed by atoms with Gasteiger partial charge in [-0.05, 0) is 63.9 Å². The van der Waals surface area contributed by atoms with Crippen LogP contribution in [0.15, 0.2) is 12.1 Å². The number of aliphatic hydroxyl groups is 1. The van der Waals surface area contributed by atoms with E-state index in [4.69, 9.17) is 5.11 Å². The molecular weight excluding hydrogens is 267 g/mol. The predicted octanol–water partition coefficient (Wildman–Crippen LogP) is 3.40. The van der Waals surface area contributed by atoms with Gasteiger partial charge in [-0.25, -0.2) is 4.39 Å². The average Bonchev–Trinajstić information content (AvgIpc) is 2.42. The monoisotopic (exact) mass is 296 g/mol. The highest BCUT2D eigenvalue weighted by Gasteiger charge is 2.19. The van der Waals surface area contributed by atoms with Gasteiger partial charge in [-0.2, -0.15) is 0 Å². The molecule has 0 spiro atoms. The molecule has 3 nitrogen and oxygen atoms in total. The van der Waals surface area contributed by atoms with E-state index in [1.807, 2.05) is 13.0 Å². The van der Waals surface area contributed by atoms with Crippen LogP contribution >= 0.6 is 0 Å². The molecule has 0 saturated heterocycles. The summed E-state index contributed by atoms with van der Waals surface area (Å²) in [5, 5.41) is 12.5. The summed E-state index contributed by atoms with van der Waals surface area (Å²) in [6.07, 6.45) is 0.712. The van der Waals surface area contributed by atoms with Crippen molar-refractivity contribution in [3.63, 3.8) is 0 Å².